The molecule has 1 rings (SSSR count). The Hall–Kier alpha value is -0.370. The molecule has 0 aliphatic heterocycles. The minimum absolute atomic E-state index is 0.0208. The van der Waals surface area contributed by atoms with Crippen LogP contribution in [0.15, 0.2) is 0 Å². The molecule has 1 aliphatic rings. The summed E-state index contributed by atoms with van der Waals surface area (Å²) >= 11 is 0. The standard InChI is InChI=1S/C10H18O2/c1-7(2)8-4-5-10(3,12)9(11)6-8/h7-8,12H,4-6H2,1-3H3/t8-,10+/m1/s1. The molecular formula is C10H18O2. The largest absolute Gasteiger partial charge is 0.382 e. The minimum atomic E-state index is -1.04. The van der Waals surface area contributed by atoms with Crippen molar-refractivity contribution in [2.75, 3.05) is 0 Å². The number of Topliss-reactive ketones (excluding diaryl/α,β-unsaturated/α-hetero) is 1. The van der Waals surface area contributed by atoms with Crippen LogP contribution in [-0.4, -0.2) is 16.5 Å². The van der Waals surface area contributed by atoms with Gasteiger partial charge in [0.1, 0.15) is 5.60 Å². The van der Waals surface area contributed by atoms with Crippen molar-refractivity contribution in [2.24, 2.45) is 11.8 Å². The summed E-state index contributed by atoms with van der Waals surface area (Å²) in [6.45, 7) is 5.90. The molecule has 2 nitrogen and oxygen atoms in total. The van der Waals surface area contributed by atoms with Crippen LogP contribution in [0, 0.1) is 11.8 Å². The summed E-state index contributed by atoms with van der Waals surface area (Å²) in [4.78, 5) is 11.4. The highest BCUT2D eigenvalue weighted by Gasteiger charge is 2.37. The maximum atomic E-state index is 11.4. The number of aliphatic hydroxyl groups is 1. The van der Waals surface area contributed by atoms with Crippen LogP contribution in [0.5, 0.6) is 0 Å². The summed E-state index contributed by atoms with van der Waals surface area (Å²) in [6.07, 6.45) is 2.18. The van der Waals surface area contributed by atoms with Gasteiger partial charge in [-0.05, 0) is 31.6 Å². The molecule has 1 saturated carbocycles. The number of carbonyl (C=O) groups excluding carboxylic acids is 1. The van der Waals surface area contributed by atoms with E-state index in [1.54, 1.807) is 6.92 Å². The molecule has 0 radical (unpaired) electrons. The highest BCUT2D eigenvalue weighted by Crippen LogP contribution is 2.32. The molecule has 2 heteroatoms. The predicted molar refractivity (Wildman–Crippen MR) is 47.8 cm³/mol. The highest BCUT2D eigenvalue weighted by atomic mass is 16.3. The Morgan fingerprint density at radius 3 is 2.58 bits per heavy atom. The molecule has 1 fully saturated rings. The molecule has 12 heavy (non-hydrogen) atoms. The summed E-state index contributed by atoms with van der Waals surface area (Å²) < 4.78 is 0. The molecular weight excluding hydrogens is 152 g/mol. The fourth-order valence-electron chi connectivity index (χ4n) is 1.73. The summed E-state index contributed by atoms with van der Waals surface area (Å²) in [6, 6.07) is 0. The number of rotatable bonds is 1. The summed E-state index contributed by atoms with van der Waals surface area (Å²) in [5.74, 6) is 1.07. The smallest absolute Gasteiger partial charge is 0.164 e. The third-order valence-electron chi connectivity index (χ3n) is 2.99. The molecule has 70 valence electrons. The van der Waals surface area contributed by atoms with Gasteiger partial charge < -0.3 is 5.11 Å². The number of hydrogen-bond donors (Lipinski definition) is 1. The Morgan fingerprint density at radius 2 is 2.17 bits per heavy atom. The Balaban J connectivity index is 2.58. The fraction of sp³-hybridized carbons (Fsp3) is 0.900. The molecule has 0 bridgehead atoms. The summed E-state index contributed by atoms with van der Waals surface area (Å²) in [5, 5.41) is 9.59. The van der Waals surface area contributed by atoms with Crippen molar-refractivity contribution in [3.8, 4) is 0 Å². The van der Waals surface area contributed by atoms with Gasteiger partial charge in [0.15, 0.2) is 5.78 Å². The quantitative estimate of drug-likeness (QED) is 0.651. The Morgan fingerprint density at radius 1 is 1.58 bits per heavy atom. The Labute approximate surface area is 74.0 Å². The van der Waals surface area contributed by atoms with Gasteiger partial charge in [-0.15, -0.1) is 0 Å². The monoisotopic (exact) mass is 170 g/mol. The van der Waals surface area contributed by atoms with Crippen LogP contribution < -0.4 is 0 Å². The lowest BCUT2D eigenvalue weighted by Crippen LogP contribution is -2.41. The van der Waals surface area contributed by atoms with E-state index in [4.69, 9.17) is 0 Å². The van der Waals surface area contributed by atoms with Crippen molar-refractivity contribution in [1.29, 1.82) is 0 Å². The molecule has 0 saturated heterocycles. The Bertz CT molecular complexity index is 182. The van der Waals surface area contributed by atoms with E-state index < -0.39 is 5.60 Å². The van der Waals surface area contributed by atoms with E-state index in [2.05, 4.69) is 13.8 Å². The van der Waals surface area contributed by atoms with Crippen LogP contribution >= 0.6 is 0 Å². The van der Waals surface area contributed by atoms with Crippen LogP contribution in [0.2, 0.25) is 0 Å². The third-order valence-corrected chi connectivity index (χ3v) is 2.99. The molecule has 0 aromatic rings. The van der Waals surface area contributed by atoms with Crippen LogP contribution in [-0.2, 0) is 4.79 Å². The first-order valence-corrected chi connectivity index (χ1v) is 4.69. The van der Waals surface area contributed by atoms with Gasteiger partial charge in [-0.25, -0.2) is 0 Å². The van der Waals surface area contributed by atoms with Crippen LogP contribution in [0.1, 0.15) is 40.0 Å². The van der Waals surface area contributed by atoms with Gasteiger partial charge in [-0.1, -0.05) is 13.8 Å². The minimum Gasteiger partial charge on any atom is -0.382 e. The lowest BCUT2D eigenvalue weighted by atomic mass is 9.74. The third kappa shape index (κ3) is 1.86. The topological polar surface area (TPSA) is 37.3 Å². The molecule has 0 spiro atoms. The van der Waals surface area contributed by atoms with E-state index >= 15 is 0 Å². The second-order valence-corrected chi connectivity index (χ2v) is 4.44. The lowest BCUT2D eigenvalue weighted by Gasteiger charge is -2.33. The number of carbonyl (C=O) groups is 1. The second kappa shape index (κ2) is 3.17. The molecule has 0 amide bonds. The van der Waals surface area contributed by atoms with Gasteiger partial charge in [0.2, 0.25) is 0 Å². The average molecular weight is 170 g/mol. The zero-order chi connectivity index (χ0) is 9.35. The second-order valence-electron chi connectivity index (χ2n) is 4.44. The van der Waals surface area contributed by atoms with E-state index in [1.165, 1.54) is 0 Å². The first-order chi connectivity index (χ1) is 5.43. The van der Waals surface area contributed by atoms with Crippen LogP contribution in [0.25, 0.3) is 0 Å². The van der Waals surface area contributed by atoms with Gasteiger partial charge in [0.25, 0.3) is 0 Å². The molecule has 0 unspecified atom stereocenters. The van der Waals surface area contributed by atoms with Crippen molar-refractivity contribution < 1.29 is 9.90 Å². The fourth-order valence-corrected chi connectivity index (χ4v) is 1.73. The first-order valence-electron chi connectivity index (χ1n) is 4.69. The van der Waals surface area contributed by atoms with Crippen LogP contribution in [0.4, 0.5) is 0 Å². The van der Waals surface area contributed by atoms with Gasteiger partial charge >= 0.3 is 0 Å². The SMILES string of the molecule is CC(C)[C@@H]1CC[C@](C)(O)C(=O)C1. The van der Waals surface area contributed by atoms with Crippen molar-refractivity contribution in [1.82, 2.24) is 0 Å². The molecule has 1 N–H and O–H groups in total. The molecule has 0 aromatic carbocycles. The van der Waals surface area contributed by atoms with Gasteiger partial charge in [0.05, 0.1) is 0 Å². The zero-order valence-electron chi connectivity index (χ0n) is 8.13. The van der Waals surface area contributed by atoms with E-state index in [9.17, 15) is 9.90 Å². The zero-order valence-corrected chi connectivity index (χ0v) is 8.13. The van der Waals surface area contributed by atoms with Gasteiger partial charge in [-0.2, -0.15) is 0 Å². The summed E-state index contributed by atoms with van der Waals surface area (Å²) in [5.41, 5.74) is -1.04. The van der Waals surface area contributed by atoms with Gasteiger partial charge in [0, 0.05) is 6.42 Å². The molecule has 2 atom stereocenters. The summed E-state index contributed by atoms with van der Waals surface area (Å²) in [7, 11) is 0. The van der Waals surface area contributed by atoms with Crippen molar-refractivity contribution in [3.63, 3.8) is 0 Å². The normalized spacial score (nSPS) is 37.4. The number of hydrogen-bond acceptors (Lipinski definition) is 2. The lowest BCUT2D eigenvalue weighted by molar-refractivity contribution is -0.141. The van der Waals surface area contributed by atoms with Gasteiger partial charge in [-0.3, -0.25) is 4.79 Å². The maximum Gasteiger partial charge on any atom is 0.164 e. The van der Waals surface area contributed by atoms with E-state index in [-0.39, 0.29) is 5.78 Å². The highest BCUT2D eigenvalue weighted by molar-refractivity contribution is 5.87. The molecule has 0 aromatic heterocycles. The predicted octanol–water partition coefficient (Wildman–Crippen LogP) is 1.76. The van der Waals surface area contributed by atoms with Crippen molar-refractivity contribution in [3.05, 3.63) is 0 Å². The number of ketones is 1. The van der Waals surface area contributed by atoms with E-state index in [1.807, 2.05) is 0 Å². The average Bonchev–Trinajstić information content (AvgIpc) is 1.94. The first kappa shape index (κ1) is 9.72. The molecule has 0 heterocycles. The Kier molecular flexibility index (Phi) is 2.57. The maximum absolute atomic E-state index is 11.4. The van der Waals surface area contributed by atoms with Crippen LogP contribution in [0.3, 0.4) is 0 Å². The van der Waals surface area contributed by atoms with E-state index in [0.29, 0.717) is 24.7 Å². The molecule has 1 aliphatic carbocycles. The van der Waals surface area contributed by atoms with Crippen molar-refractivity contribution in [2.45, 2.75) is 45.6 Å². The van der Waals surface area contributed by atoms with E-state index in [0.717, 1.165) is 6.42 Å². The van der Waals surface area contributed by atoms with Crippen molar-refractivity contribution >= 4 is 5.78 Å².